The Balaban J connectivity index is 2.02. The van der Waals surface area contributed by atoms with Gasteiger partial charge in [-0.05, 0) is 29.8 Å². The molecule has 0 atom stereocenters. The van der Waals surface area contributed by atoms with Crippen molar-refractivity contribution in [1.82, 2.24) is 0 Å². The van der Waals surface area contributed by atoms with Crippen molar-refractivity contribution in [2.45, 2.75) is 0 Å². The van der Waals surface area contributed by atoms with Crippen LogP contribution in [0.25, 0.3) is 0 Å². The number of anilines is 1. The van der Waals surface area contributed by atoms with Crippen LogP contribution in [0, 0.1) is 21.7 Å². The van der Waals surface area contributed by atoms with E-state index in [1.54, 1.807) is 0 Å². The highest BCUT2D eigenvalue weighted by atomic mass is 19.2. The fourth-order valence-electron chi connectivity index (χ4n) is 1.43. The van der Waals surface area contributed by atoms with Crippen molar-refractivity contribution in [3.05, 3.63) is 69.8 Å². The lowest BCUT2D eigenvalue weighted by molar-refractivity contribution is -0.384. The molecule has 0 fully saturated rings. The Morgan fingerprint density at radius 3 is 2.40 bits per heavy atom. The standard InChI is InChI=1S/C13H9F2N3O2/c14-12-6-1-9(7-13(12)15)8-16-17-10-2-4-11(5-3-10)18(19)20/h1-8,17H/b16-8-. The molecule has 0 amide bonds. The number of benzene rings is 2. The minimum Gasteiger partial charge on any atom is -0.278 e. The summed E-state index contributed by atoms with van der Waals surface area (Å²) in [6, 6.07) is 9.02. The van der Waals surface area contributed by atoms with Crippen LogP contribution in [0.4, 0.5) is 20.2 Å². The summed E-state index contributed by atoms with van der Waals surface area (Å²) in [6.45, 7) is 0. The molecule has 0 radical (unpaired) electrons. The molecule has 0 aliphatic rings. The fourth-order valence-corrected chi connectivity index (χ4v) is 1.43. The maximum Gasteiger partial charge on any atom is 0.269 e. The second kappa shape index (κ2) is 5.87. The second-order valence-corrected chi connectivity index (χ2v) is 3.85. The number of nitrogens with one attached hydrogen (secondary N) is 1. The molecule has 5 nitrogen and oxygen atoms in total. The van der Waals surface area contributed by atoms with Crippen LogP contribution in [-0.2, 0) is 0 Å². The third-order valence-corrected chi connectivity index (χ3v) is 2.43. The number of halogens is 2. The summed E-state index contributed by atoms with van der Waals surface area (Å²) in [5.74, 6) is -1.88. The molecule has 20 heavy (non-hydrogen) atoms. The van der Waals surface area contributed by atoms with Crippen LogP contribution in [0.3, 0.4) is 0 Å². The molecule has 0 aromatic heterocycles. The first-order chi connectivity index (χ1) is 9.56. The molecule has 0 aliphatic heterocycles. The molecule has 0 saturated carbocycles. The third kappa shape index (κ3) is 3.35. The van der Waals surface area contributed by atoms with Crippen molar-refractivity contribution < 1.29 is 13.7 Å². The van der Waals surface area contributed by atoms with Gasteiger partial charge in [0.15, 0.2) is 11.6 Å². The van der Waals surface area contributed by atoms with Crippen molar-refractivity contribution in [3.63, 3.8) is 0 Å². The number of non-ortho nitro benzene ring substituents is 1. The van der Waals surface area contributed by atoms with Crippen molar-refractivity contribution in [2.24, 2.45) is 5.10 Å². The summed E-state index contributed by atoms with van der Waals surface area (Å²) >= 11 is 0. The van der Waals surface area contributed by atoms with Crippen molar-refractivity contribution in [2.75, 3.05) is 5.43 Å². The van der Waals surface area contributed by atoms with Crippen LogP contribution < -0.4 is 5.43 Å². The first-order valence-corrected chi connectivity index (χ1v) is 5.55. The van der Waals surface area contributed by atoms with E-state index >= 15 is 0 Å². The molecular weight excluding hydrogens is 268 g/mol. The Hall–Kier alpha value is -2.83. The zero-order valence-electron chi connectivity index (χ0n) is 10.1. The second-order valence-electron chi connectivity index (χ2n) is 3.85. The van der Waals surface area contributed by atoms with Gasteiger partial charge in [-0.3, -0.25) is 15.5 Å². The number of hydrogen-bond acceptors (Lipinski definition) is 4. The molecule has 0 aliphatic carbocycles. The number of hydrogen-bond donors (Lipinski definition) is 1. The topological polar surface area (TPSA) is 67.5 Å². The van der Waals surface area contributed by atoms with Gasteiger partial charge >= 0.3 is 0 Å². The Kier molecular flexibility index (Phi) is 3.99. The van der Waals surface area contributed by atoms with Gasteiger partial charge in [-0.15, -0.1) is 0 Å². The number of nitro benzene ring substituents is 1. The molecule has 0 saturated heterocycles. The zero-order valence-corrected chi connectivity index (χ0v) is 10.1. The Bertz CT molecular complexity index is 657. The van der Waals surface area contributed by atoms with Gasteiger partial charge in [0, 0.05) is 12.1 Å². The first-order valence-electron chi connectivity index (χ1n) is 5.55. The lowest BCUT2D eigenvalue weighted by atomic mass is 10.2. The summed E-state index contributed by atoms with van der Waals surface area (Å²) in [4.78, 5) is 9.95. The lowest BCUT2D eigenvalue weighted by Gasteiger charge is -1.99. The SMILES string of the molecule is O=[N+]([O-])c1ccc(N/N=C\c2ccc(F)c(F)c2)cc1. The third-order valence-electron chi connectivity index (χ3n) is 2.43. The van der Waals surface area contributed by atoms with Gasteiger partial charge in [-0.25, -0.2) is 8.78 Å². The Morgan fingerprint density at radius 2 is 1.80 bits per heavy atom. The van der Waals surface area contributed by atoms with Crippen LogP contribution in [0.15, 0.2) is 47.6 Å². The summed E-state index contributed by atoms with van der Waals surface area (Å²) in [6.07, 6.45) is 1.31. The lowest BCUT2D eigenvalue weighted by Crippen LogP contribution is -1.93. The molecular formula is C13H9F2N3O2. The van der Waals surface area contributed by atoms with E-state index in [1.165, 1.54) is 36.5 Å². The van der Waals surface area contributed by atoms with E-state index in [-0.39, 0.29) is 5.69 Å². The van der Waals surface area contributed by atoms with Crippen molar-refractivity contribution in [1.29, 1.82) is 0 Å². The quantitative estimate of drug-likeness (QED) is 0.529. The average Bonchev–Trinajstić information content (AvgIpc) is 2.43. The average molecular weight is 277 g/mol. The maximum atomic E-state index is 12.9. The first kappa shape index (κ1) is 13.6. The summed E-state index contributed by atoms with van der Waals surface area (Å²) < 4.78 is 25.6. The van der Waals surface area contributed by atoms with E-state index in [1.807, 2.05) is 0 Å². The zero-order chi connectivity index (χ0) is 14.5. The van der Waals surface area contributed by atoms with Crippen molar-refractivity contribution >= 4 is 17.6 Å². The van der Waals surface area contributed by atoms with Gasteiger partial charge in [0.2, 0.25) is 0 Å². The van der Waals surface area contributed by atoms with E-state index in [9.17, 15) is 18.9 Å². The van der Waals surface area contributed by atoms with Crippen LogP contribution in [-0.4, -0.2) is 11.1 Å². The van der Waals surface area contributed by atoms with Gasteiger partial charge in [0.05, 0.1) is 16.8 Å². The predicted molar refractivity (Wildman–Crippen MR) is 70.7 cm³/mol. The van der Waals surface area contributed by atoms with Crippen LogP contribution in [0.5, 0.6) is 0 Å². The molecule has 7 heteroatoms. The van der Waals surface area contributed by atoms with Gasteiger partial charge in [0.1, 0.15) is 0 Å². The van der Waals surface area contributed by atoms with Gasteiger partial charge in [0.25, 0.3) is 5.69 Å². The largest absolute Gasteiger partial charge is 0.278 e. The maximum absolute atomic E-state index is 12.9. The highest BCUT2D eigenvalue weighted by Crippen LogP contribution is 2.15. The van der Waals surface area contributed by atoms with Gasteiger partial charge < -0.3 is 0 Å². The van der Waals surface area contributed by atoms with Gasteiger partial charge in [-0.1, -0.05) is 6.07 Å². The molecule has 0 spiro atoms. The summed E-state index contributed by atoms with van der Waals surface area (Å²) in [5, 5.41) is 14.3. The van der Waals surface area contributed by atoms with Crippen LogP contribution >= 0.6 is 0 Å². The van der Waals surface area contributed by atoms with Gasteiger partial charge in [-0.2, -0.15) is 5.10 Å². The minimum absolute atomic E-state index is 0.0277. The molecule has 0 heterocycles. The fraction of sp³-hybridized carbons (Fsp3) is 0. The number of nitro groups is 1. The molecule has 102 valence electrons. The number of rotatable bonds is 4. The van der Waals surface area contributed by atoms with E-state index in [2.05, 4.69) is 10.5 Å². The molecule has 2 aromatic rings. The monoisotopic (exact) mass is 277 g/mol. The predicted octanol–water partition coefficient (Wildman–Crippen LogP) is 3.32. The Morgan fingerprint density at radius 1 is 1.10 bits per heavy atom. The van der Waals surface area contributed by atoms with Crippen molar-refractivity contribution in [3.8, 4) is 0 Å². The van der Waals surface area contributed by atoms with E-state index in [0.717, 1.165) is 12.1 Å². The molecule has 0 unspecified atom stereocenters. The smallest absolute Gasteiger partial charge is 0.269 e. The van der Waals surface area contributed by atoms with Crippen LogP contribution in [0.2, 0.25) is 0 Å². The molecule has 0 bridgehead atoms. The summed E-state index contributed by atoms with van der Waals surface area (Å²) in [5.41, 5.74) is 3.52. The minimum atomic E-state index is -0.954. The Labute approximate surface area is 112 Å². The highest BCUT2D eigenvalue weighted by Gasteiger charge is 2.03. The number of nitrogens with zero attached hydrogens (tertiary/aromatic N) is 2. The molecule has 2 rings (SSSR count). The normalized spacial score (nSPS) is 10.7. The molecule has 2 aromatic carbocycles. The van der Waals surface area contributed by atoms with E-state index in [4.69, 9.17) is 0 Å². The van der Waals surface area contributed by atoms with Crippen LogP contribution in [0.1, 0.15) is 5.56 Å². The number of hydrazone groups is 1. The van der Waals surface area contributed by atoms with E-state index < -0.39 is 16.6 Å². The molecule has 1 N–H and O–H groups in total. The highest BCUT2D eigenvalue weighted by molar-refractivity contribution is 5.80. The van der Waals surface area contributed by atoms with E-state index in [0.29, 0.717) is 11.3 Å². The summed E-state index contributed by atoms with van der Waals surface area (Å²) in [7, 11) is 0.